The molecule has 2 rings (SSSR count). The Morgan fingerprint density at radius 2 is 2.05 bits per heavy atom. The van der Waals surface area contributed by atoms with E-state index in [-0.39, 0.29) is 0 Å². The lowest BCUT2D eigenvalue weighted by molar-refractivity contribution is 0.411. The molecule has 1 fully saturated rings. The standard InChI is InChI=1S/C16H27N3/c1-13-11-17-14(2)8-9-19(12-13)16-7-5-6-15(10-16)18(3)4/h5-7,10,13-14,17H,8-9,11-12H2,1-4H3. The molecule has 1 aromatic carbocycles. The summed E-state index contributed by atoms with van der Waals surface area (Å²) in [5.41, 5.74) is 2.63. The Morgan fingerprint density at radius 3 is 2.79 bits per heavy atom. The van der Waals surface area contributed by atoms with Crippen molar-refractivity contribution in [2.75, 3.05) is 43.5 Å². The van der Waals surface area contributed by atoms with E-state index >= 15 is 0 Å². The van der Waals surface area contributed by atoms with Crippen LogP contribution in [0.4, 0.5) is 11.4 Å². The van der Waals surface area contributed by atoms with Gasteiger partial charge in [0.15, 0.2) is 0 Å². The molecule has 2 atom stereocenters. The third-order valence-electron chi connectivity index (χ3n) is 3.89. The van der Waals surface area contributed by atoms with Crippen molar-refractivity contribution in [3.63, 3.8) is 0 Å². The zero-order valence-electron chi connectivity index (χ0n) is 12.7. The van der Waals surface area contributed by atoms with Crippen LogP contribution in [-0.4, -0.2) is 39.8 Å². The van der Waals surface area contributed by atoms with Crippen LogP contribution in [0, 0.1) is 5.92 Å². The molecule has 1 N–H and O–H groups in total. The van der Waals surface area contributed by atoms with Crippen molar-refractivity contribution < 1.29 is 0 Å². The molecule has 3 heteroatoms. The lowest BCUT2D eigenvalue weighted by atomic mass is 10.1. The predicted molar refractivity (Wildman–Crippen MR) is 84.2 cm³/mol. The fourth-order valence-corrected chi connectivity index (χ4v) is 2.59. The molecule has 1 aromatic rings. The number of nitrogens with zero attached hydrogens (tertiary/aromatic N) is 2. The topological polar surface area (TPSA) is 18.5 Å². The number of hydrogen-bond donors (Lipinski definition) is 1. The summed E-state index contributed by atoms with van der Waals surface area (Å²) in [7, 11) is 4.20. The smallest absolute Gasteiger partial charge is 0.0387 e. The van der Waals surface area contributed by atoms with Gasteiger partial charge in [0.25, 0.3) is 0 Å². The minimum atomic E-state index is 0.613. The number of benzene rings is 1. The van der Waals surface area contributed by atoms with Crippen molar-refractivity contribution in [3.05, 3.63) is 24.3 Å². The Balaban J connectivity index is 2.15. The van der Waals surface area contributed by atoms with Crippen molar-refractivity contribution in [1.82, 2.24) is 5.32 Å². The Hall–Kier alpha value is -1.22. The van der Waals surface area contributed by atoms with Crippen molar-refractivity contribution >= 4 is 11.4 Å². The van der Waals surface area contributed by atoms with Gasteiger partial charge >= 0.3 is 0 Å². The molecule has 0 aliphatic carbocycles. The molecule has 1 aliphatic heterocycles. The lowest BCUT2D eigenvalue weighted by Gasteiger charge is -2.33. The summed E-state index contributed by atoms with van der Waals surface area (Å²) in [6.07, 6.45) is 1.21. The normalized spacial score (nSPS) is 24.7. The van der Waals surface area contributed by atoms with Crippen molar-refractivity contribution in [1.29, 1.82) is 0 Å². The highest BCUT2D eigenvalue weighted by molar-refractivity contribution is 5.58. The highest BCUT2D eigenvalue weighted by Crippen LogP contribution is 2.23. The molecule has 1 heterocycles. The summed E-state index contributed by atoms with van der Waals surface area (Å²) < 4.78 is 0. The van der Waals surface area contributed by atoms with E-state index in [1.165, 1.54) is 17.8 Å². The minimum absolute atomic E-state index is 0.613. The van der Waals surface area contributed by atoms with Crippen molar-refractivity contribution in [2.45, 2.75) is 26.3 Å². The van der Waals surface area contributed by atoms with Gasteiger partial charge in [0.2, 0.25) is 0 Å². The molecular weight excluding hydrogens is 234 g/mol. The van der Waals surface area contributed by atoms with Crippen LogP contribution in [0.25, 0.3) is 0 Å². The van der Waals surface area contributed by atoms with E-state index in [2.05, 4.69) is 67.3 Å². The Kier molecular flexibility index (Phi) is 4.70. The van der Waals surface area contributed by atoms with Crippen molar-refractivity contribution in [3.8, 4) is 0 Å². The molecule has 1 aliphatic rings. The summed E-state index contributed by atoms with van der Waals surface area (Å²) in [4.78, 5) is 4.70. The molecule has 0 aromatic heterocycles. The van der Waals surface area contributed by atoms with Gasteiger partial charge in [-0.15, -0.1) is 0 Å². The van der Waals surface area contributed by atoms with Crippen LogP contribution in [-0.2, 0) is 0 Å². The second-order valence-electron chi connectivity index (χ2n) is 6.06. The van der Waals surface area contributed by atoms with E-state index in [1.54, 1.807) is 0 Å². The maximum absolute atomic E-state index is 3.60. The fraction of sp³-hybridized carbons (Fsp3) is 0.625. The molecule has 1 saturated heterocycles. The first kappa shape index (κ1) is 14.2. The molecule has 0 saturated carbocycles. The monoisotopic (exact) mass is 261 g/mol. The summed E-state index contributed by atoms with van der Waals surface area (Å²) >= 11 is 0. The minimum Gasteiger partial charge on any atom is -0.378 e. The van der Waals surface area contributed by atoms with Crippen LogP contribution in [0.15, 0.2) is 24.3 Å². The van der Waals surface area contributed by atoms with Crippen LogP contribution in [0.5, 0.6) is 0 Å². The van der Waals surface area contributed by atoms with Gasteiger partial charge in [-0.25, -0.2) is 0 Å². The molecule has 0 bridgehead atoms. The summed E-state index contributed by atoms with van der Waals surface area (Å²) in [6.45, 7) is 8.00. The van der Waals surface area contributed by atoms with Gasteiger partial charge in [-0.3, -0.25) is 0 Å². The number of hydrogen-bond acceptors (Lipinski definition) is 3. The second-order valence-corrected chi connectivity index (χ2v) is 6.06. The van der Waals surface area contributed by atoms with Crippen LogP contribution in [0.3, 0.4) is 0 Å². The number of rotatable bonds is 2. The highest BCUT2D eigenvalue weighted by atomic mass is 15.1. The Labute approximate surface area is 117 Å². The molecule has 0 radical (unpaired) electrons. The van der Waals surface area contributed by atoms with Gasteiger partial charge < -0.3 is 15.1 Å². The van der Waals surface area contributed by atoms with E-state index in [0.717, 1.165) is 19.6 Å². The van der Waals surface area contributed by atoms with Crippen LogP contribution in [0.2, 0.25) is 0 Å². The first-order valence-corrected chi connectivity index (χ1v) is 7.32. The largest absolute Gasteiger partial charge is 0.378 e. The number of anilines is 2. The SMILES string of the molecule is CC1CNC(C)CCN(c2cccc(N(C)C)c2)C1. The molecule has 0 spiro atoms. The van der Waals surface area contributed by atoms with Gasteiger partial charge in [0.05, 0.1) is 0 Å². The van der Waals surface area contributed by atoms with Gasteiger partial charge in [-0.2, -0.15) is 0 Å². The lowest BCUT2D eigenvalue weighted by Crippen LogP contribution is -2.42. The Morgan fingerprint density at radius 1 is 1.26 bits per heavy atom. The van der Waals surface area contributed by atoms with Crippen LogP contribution in [0.1, 0.15) is 20.3 Å². The van der Waals surface area contributed by atoms with Gasteiger partial charge in [0, 0.05) is 44.6 Å². The number of nitrogens with one attached hydrogen (secondary N) is 1. The molecule has 19 heavy (non-hydrogen) atoms. The average molecular weight is 261 g/mol. The molecular formula is C16H27N3. The predicted octanol–water partition coefficient (Wildman–Crippen LogP) is 2.58. The molecule has 0 amide bonds. The Bertz CT molecular complexity index is 403. The van der Waals surface area contributed by atoms with Gasteiger partial charge in [-0.1, -0.05) is 13.0 Å². The molecule has 106 valence electrons. The fourth-order valence-electron chi connectivity index (χ4n) is 2.59. The van der Waals surface area contributed by atoms with Gasteiger partial charge in [-0.05, 0) is 44.0 Å². The average Bonchev–Trinajstić information content (AvgIpc) is 2.39. The first-order valence-electron chi connectivity index (χ1n) is 7.32. The molecule has 2 unspecified atom stereocenters. The van der Waals surface area contributed by atoms with Crippen molar-refractivity contribution in [2.24, 2.45) is 5.92 Å². The van der Waals surface area contributed by atoms with Crippen LogP contribution >= 0.6 is 0 Å². The second kappa shape index (κ2) is 6.29. The van der Waals surface area contributed by atoms with E-state index < -0.39 is 0 Å². The van der Waals surface area contributed by atoms with E-state index in [1.807, 2.05) is 0 Å². The first-order chi connectivity index (χ1) is 9.06. The maximum Gasteiger partial charge on any atom is 0.0387 e. The molecule has 3 nitrogen and oxygen atoms in total. The summed E-state index contributed by atoms with van der Waals surface area (Å²) in [6, 6.07) is 9.48. The van der Waals surface area contributed by atoms with E-state index in [4.69, 9.17) is 0 Å². The highest BCUT2D eigenvalue weighted by Gasteiger charge is 2.17. The quantitative estimate of drug-likeness (QED) is 0.883. The van der Waals surface area contributed by atoms with E-state index in [0.29, 0.717) is 12.0 Å². The third-order valence-corrected chi connectivity index (χ3v) is 3.89. The van der Waals surface area contributed by atoms with Crippen LogP contribution < -0.4 is 15.1 Å². The van der Waals surface area contributed by atoms with Gasteiger partial charge in [0.1, 0.15) is 0 Å². The zero-order chi connectivity index (χ0) is 13.8. The zero-order valence-corrected chi connectivity index (χ0v) is 12.7. The summed E-state index contributed by atoms with van der Waals surface area (Å²) in [5.74, 6) is 0.686. The third kappa shape index (κ3) is 3.87. The summed E-state index contributed by atoms with van der Waals surface area (Å²) in [5, 5.41) is 3.60. The van der Waals surface area contributed by atoms with E-state index in [9.17, 15) is 0 Å². The maximum atomic E-state index is 3.60.